The minimum Gasteiger partial charge on any atom is -0.454 e. The number of carbonyl (C=O) groups is 6. The first-order valence-corrected chi connectivity index (χ1v) is 20.7. The van der Waals surface area contributed by atoms with Crippen molar-refractivity contribution in [3.63, 3.8) is 0 Å². The maximum Gasteiger partial charge on any atom is 0.342 e. The average Bonchev–Trinajstić information content (AvgIpc) is 3.26. The number of Topliss-reactive ketones (excluding diaryl/α,β-unsaturated/α-hetero) is 2. The van der Waals surface area contributed by atoms with Crippen LogP contribution in [0.5, 0.6) is 11.5 Å². The summed E-state index contributed by atoms with van der Waals surface area (Å²) in [5, 5.41) is 36.8. The molecule has 1 saturated heterocycles. The van der Waals surface area contributed by atoms with E-state index in [4.69, 9.17) is 28.4 Å². The molecule has 1 heterocycles. The van der Waals surface area contributed by atoms with E-state index in [9.17, 15) is 59.2 Å². The fourth-order valence-electron chi connectivity index (χ4n) is 5.72. The third-order valence-corrected chi connectivity index (χ3v) is 9.38. The van der Waals surface area contributed by atoms with E-state index in [1.54, 1.807) is 38.1 Å². The van der Waals surface area contributed by atoms with Gasteiger partial charge in [-0.1, -0.05) is 51.0 Å². The average molecular weight is 923 g/mol. The monoisotopic (exact) mass is 922 g/mol. The smallest absolute Gasteiger partial charge is 0.342 e. The van der Waals surface area contributed by atoms with Crippen molar-refractivity contribution >= 4 is 35.4 Å². The number of nitrogens with zero attached hydrogens (tertiary/aromatic N) is 2. The molecule has 22 nitrogen and oxygen atoms in total. The Hall–Kier alpha value is -6.10. The standard InChI is InChI=1S/C23H31NO10.C20H27NO10/c1-22(2)31-15-23(3,16-32-22)13-17(25)14-30-21(27)18-9-6-7-10-19(18)34-20(26)11-5-4-8-12-33-24(28)29;1-20(13-22,14-23)11-15(24)12-29-19(26)16-7-4-5-8-17(16)31-18(25)9-3-2-6-10-30-21(27)28/h6-7,9-10H,4-5,8,11-16H2,1-3H3;4-5,7-8,22-23H,2-3,6,9-14H2,1H3. The number of carbonyl (C=O) groups excluding carboxylic acids is 6. The largest absolute Gasteiger partial charge is 0.454 e. The molecule has 22 heteroatoms. The molecule has 65 heavy (non-hydrogen) atoms. The first kappa shape index (κ1) is 55.0. The number of aliphatic hydroxyl groups excluding tert-OH is 2. The summed E-state index contributed by atoms with van der Waals surface area (Å²) >= 11 is 0. The molecule has 0 amide bonds. The van der Waals surface area contributed by atoms with E-state index in [2.05, 4.69) is 9.68 Å². The molecule has 2 aromatic carbocycles. The van der Waals surface area contributed by atoms with Crippen LogP contribution < -0.4 is 9.47 Å². The third kappa shape index (κ3) is 22.4. The Morgan fingerprint density at radius 1 is 0.662 bits per heavy atom. The minimum absolute atomic E-state index is 0.0165. The molecule has 0 atom stereocenters. The van der Waals surface area contributed by atoms with Gasteiger partial charge in [0.2, 0.25) is 0 Å². The van der Waals surface area contributed by atoms with Crippen LogP contribution in [0.4, 0.5) is 0 Å². The minimum atomic E-state index is -1.01. The third-order valence-electron chi connectivity index (χ3n) is 9.38. The molecule has 0 bridgehead atoms. The summed E-state index contributed by atoms with van der Waals surface area (Å²) in [5.41, 5.74) is -1.52. The highest BCUT2D eigenvalue weighted by Gasteiger charge is 2.38. The van der Waals surface area contributed by atoms with E-state index < -0.39 is 82.9 Å². The molecule has 1 fully saturated rings. The molecule has 0 aliphatic carbocycles. The van der Waals surface area contributed by atoms with E-state index >= 15 is 0 Å². The zero-order valence-corrected chi connectivity index (χ0v) is 37.0. The summed E-state index contributed by atoms with van der Waals surface area (Å²) < 4.78 is 31.9. The van der Waals surface area contributed by atoms with Gasteiger partial charge < -0.3 is 48.3 Å². The number of rotatable bonds is 28. The van der Waals surface area contributed by atoms with E-state index in [0.717, 1.165) is 0 Å². The van der Waals surface area contributed by atoms with E-state index in [-0.39, 0.29) is 67.3 Å². The van der Waals surface area contributed by atoms with Crippen LogP contribution in [0.25, 0.3) is 0 Å². The molecule has 3 rings (SSSR count). The van der Waals surface area contributed by atoms with Crippen LogP contribution >= 0.6 is 0 Å². The quantitative estimate of drug-likeness (QED) is 0.0383. The molecular weight excluding hydrogens is 864 g/mol. The number of hydrogen-bond acceptors (Lipinski definition) is 20. The van der Waals surface area contributed by atoms with Crippen LogP contribution in [-0.4, -0.2) is 114 Å². The van der Waals surface area contributed by atoms with Gasteiger partial charge in [0.15, 0.2) is 17.4 Å². The van der Waals surface area contributed by atoms with E-state index in [1.807, 2.05) is 6.92 Å². The molecule has 1 aliphatic heterocycles. The van der Waals surface area contributed by atoms with Crippen LogP contribution in [0.15, 0.2) is 48.5 Å². The van der Waals surface area contributed by atoms with Gasteiger partial charge in [0.25, 0.3) is 10.2 Å². The summed E-state index contributed by atoms with van der Waals surface area (Å²) in [6.07, 6.45) is 2.85. The predicted octanol–water partition coefficient (Wildman–Crippen LogP) is 4.73. The molecule has 0 aromatic heterocycles. The SMILES string of the molecule is CC(CO)(CO)CC(=O)COC(=O)c1ccccc1OC(=O)CCCCCO[N+](=O)[O-].CC1(CC(=O)COC(=O)c2ccccc2OC(=O)CCCCCO[N+](=O)[O-])COC(C)(C)OC1. The van der Waals surface area contributed by atoms with Crippen LogP contribution in [-0.2, 0) is 47.8 Å². The summed E-state index contributed by atoms with van der Waals surface area (Å²) in [7, 11) is 0. The Labute approximate surface area is 374 Å². The van der Waals surface area contributed by atoms with Gasteiger partial charge in [0.1, 0.15) is 35.8 Å². The fraction of sp³-hybridized carbons (Fsp3) is 0.581. The van der Waals surface area contributed by atoms with Crippen LogP contribution in [0.2, 0.25) is 0 Å². The van der Waals surface area contributed by atoms with Gasteiger partial charge in [-0.25, -0.2) is 9.59 Å². The molecular formula is C43H58N2O20. The van der Waals surface area contributed by atoms with Gasteiger partial charge in [-0.3, -0.25) is 19.2 Å². The predicted molar refractivity (Wildman–Crippen MR) is 223 cm³/mol. The second kappa shape index (κ2) is 27.9. The Morgan fingerprint density at radius 2 is 1.08 bits per heavy atom. The lowest BCUT2D eigenvalue weighted by Gasteiger charge is -2.41. The zero-order chi connectivity index (χ0) is 48.5. The van der Waals surface area contributed by atoms with Crippen molar-refractivity contribution in [2.75, 3.05) is 52.9 Å². The number of aliphatic hydroxyl groups is 2. The van der Waals surface area contributed by atoms with Crippen LogP contribution in [0, 0.1) is 31.1 Å². The first-order chi connectivity index (χ1) is 30.7. The highest BCUT2D eigenvalue weighted by Crippen LogP contribution is 2.32. The van der Waals surface area contributed by atoms with Crippen molar-refractivity contribution in [2.45, 2.75) is 97.7 Å². The Bertz CT molecular complexity index is 1900. The number of hydrogen-bond donors (Lipinski definition) is 2. The van der Waals surface area contributed by atoms with Crippen molar-refractivity contribution in [3.05, 3.63) is 79.9 Å². The van der Waals surface area contributed by atoms with Crippen LogP contribution in [0.3, 0.4) is 0 Å². The summed E-state index contributed by atoms with van der Waals surface area (Å²) in [6, 6.07) is 12.0. The molecule has 0 radical (unpaired) electrons. The normalized spacial score (nSPS) is 13.8. The number of ether oxygens (including phenoxy) is 6. The van der Waals surface area contributed by atoms with Gasteiger partial charge in [-0.05, 0) is 63.8 Å². The zero-order valence-electron chi connectivity index (χ0n) is 37.0. The molecule has 0 spiro atoms. The van der Waals surface area contributed by atoms with E-state index in [0.29, 0.717) is 51.7 Å². The highest BCUT2D eigenvalue weighted by atomic mass is 17.0. The van der Waals surface area contributed by atoms with Gasteiger partial charge in [-0.2, -0.15) is 0 Å². The second-order valence-corrected chi connectivity index (χ2v) is 16.2. The number of ketones is 2. The summed E-state index contributed by atoms with van der Waals surface area (Å²) in [5.74, 6) is -4.22. The number of para-hydroxylation sites is 2. The maximum atomic E-state index is 12.5. The molecule has 0 unspecified atom stereocenters. The summed E-state index contributed by atoms with van der Waals surface area (Å²) in [6.45, 7) is 5.83. The Morgan fingerprint density at radius 3 is 1.49 bits per heavy atom. The van der Waals surface area contributed by atoms with Gasteiger partial charge in [-0.15, -0.1) is 20.2 Å². The molecule has 360 valence electrons. The molecule has 1 aliphatic rings. The molecule has 2 aromatic rings. The number of unbranched alkanes of at least 4 members (excludes halogenated alkanes) is 4. The van der Waals surface area contributed by atoms with Crippen molar-refractivity contribution in [1.29, 1.82) is 0 Å². The Kier molecular flexibility index (Phi) is 23.7. The van der Waals surface area contributed by atoms with Crippen LogP contribution in [0.1, 0.15) is 113 Å². The van der Waals surface area contributed by atoms with Crippen molar-refractivity contribution in [2.24, 2.45) is 10.8 Å². The lowest BCUT2D eigenvalue weighted by atomic mass is 9.86. The first-order valence-electron chi connectivity index (χ1n) is 20.7. The second-order valence-electron chi connectivity index (χ2n) is 16.2. The van der Waals surface area contributed by atoms with Crippen molar-refractivity contribution < 1.29 is 87.2 Å². The topological polar surface area (TPSA) is 303 Å². The van der Waals surface area contributed by atoms with Crippen molar-refractivity contribution in [1.82, 2.24) is 0 Å². The van der Waals surface area contributed by atoms with E-state index in [1.165, 1.54) is 31.2 Å². The lowest BCUT2D eigenvalue weighted by molar-refractivity contribution is -0.757. The Balaban J connectivity index is 0.000000449. The van der Waals surface area contributed by atoms with Gasteiger partial charge in [0.05, 0.1) is 39.6 Å². The number of benzene rings is 2. The molecule has 0 saturated carbocycles. The fourth-order valence-corrected chi connectivity index (χ4v) is 5.72. The maximum absolute atomic E-state index is 12.5. The number of esters is 4. The highest BCUT2D eigenvalue weighted by molar-refractivity contribution is 5.96. The summed E-state index contributed by atoms with van der Waals surface area (Å²) in [4.78, 5) is 102. The van der Waals surface area contributed by atoms with Gasteiger partial charge in [0, 0.05) is 36.5 Å². The van der Waals surface area contributed by atoms with Crippen molar-refractivity contribution in [3.8, 4) is 11.5 Å². The lowest BCUT2D eigenvalue weighted by Crippen LogP contribution is -2.46. The molecule has 2 N–H and O–H groups in total. The van der Waals surface area contributed by atoms with Gasteiger partial charge >= 0.3 is 23.9 Å².